The lowest BCUT2D eigenvalue weighted by Gasteiger charge is -2.23. The molecule has 8 heteroatoms. The quantitative estimate of drug-likeness (QED) is 0.471. The number of nitrogens with one attached hydrogen (secondary N) is 1. The third kappa shape index (κ3) is 4.09. The van der Waals surface area contributed by atoms with Gasteiger partial charge in [0, 0.05) is 23.6 Å². The molecule has 0 bridgehead atoms. The Balaban J connectivity index is 1.62. The third-order valence-electron chi connectivity index (χ3n) is 6.36. The number of aromatic nitrogens is 2. The minimum absolute atomic E-state index is 0.0638. The van der Waals surface area contributed by atoms with Gasteiger partial charge in [0.1, 0.15) is 5.82 Å². The van der Waals surface area contributed by atoms with Crippen LogP contribution in [0, 0.1) is 12.7 Å². The first kappa shape index (κ1) is 22.3. The molecule has 34 heavy (non-hydrogen) atoms. The Hall–Kier alpha value is -3.52. The fourth-order valence-electron chi connectivity index (χ4n) is 4.57. The van der Waals surface area contributed by atoms with E-state index < -0.39 is 15.4 Å². The van der Waals surface area contributed by atoms with Crippen LogP contribution in [0.1, 0.15) is 29.3 Å². The molecule has 1 aliphatic heterocycles. The highest BCUT2D eigenvalue weighted by Gasteiger charge is 2.39. The van der Waals surface area contributed by atoms with E-state index in [4.69, 9.17) is 0 Å². The fraction of sp³-hybridized carbons (Fsp3) is 0.231. The normalized spacial score (nSPS) is 19.4. The Bertz CT molecular complexity index is 1530. The number of carbonyl (C=O) groups excluding carboxylic acids is 1. The second-order valence-corrected chi connectivity index (χ2v) is 11.3. The number of nitrogens with zero attached hydrogens (tertiary/aromatic N) is 2. The molecule has 1 saturated heterocycles. The molecule has 1 fully saturated rings. The Morgan fingerprint density at radius 3 is 2.53 bits per heavy atom. The van der Waals surface area contributed by atoms with E-state index in [1.807, 2.05) is 42.0 Å². The van der Waals surface area contributed by atoms with Crippen LogP contribution in [0.2, 0.25) is 0 Å². The van der Waals surface area contributed by atoms with Gasteiger partial charge in [0.15, 0.2) is 9.84 Å². The van der Waals surface area contributed by atoms with Gasteiger partial charge in [0.25, 0.3) is 5.91 Å². The van der Waals surface area contributed by atoms with E-state index in [9.17, 15) is 17.6 Å². The first-order chi connectivity index (χ1) is 16.1. The average Bonchev–Trinajstić information content (AvgIpc) is 3.30. The second kappa shape index (κ2) is 8.06. The molecule has 3 heterocycles. The van der Waals surface area contributed by atoms with Gasteiger partial charge in [-0.3, -0.25) is 9.78 Å². The number of amides is 1. The second-order valence-electron chi connectivity index (χ2n) is 9.15. The van der Waals surface area contributed by atoms with E-state index in [0.717, 1.165) is 22.4 Å². The molecule has 1 amide bonds. The Labute approximate surface area is 197 Å². The maximum absolute atomic E-state index is 13.6. The molecule has 2 aromatic carbocycles. The van der Waals surface area contributed by atoms with Crippen LogP contribution in [0.15, 0.2) is 67.0 Å². The summed E-state index contributed by atoms with van der Waals surface area (Å²) < 4.78 is 39.3. The highest BCUT2D eigenvalue weighted by Crippen LogP contribution is 2.34. The lowest BCUT2D eigenvalue weighted by Crippen LogP contribution is -2.46. The Morgan fingerprint density at radius 1 is 1.12 bits per heavy atom. The number of hydrogen-bond donors (Lipinski definition) is 1. The maximum Gasteiger partial charge on any atom is 0.253 e. The van der Waals surface area contributed by atoms with Crippen molar-refractivity contribution in [2.45, 2.75) is 25.8 Å². The van der Waals surface area contributed by atoms with Crippen LogP contribution < -0.4 is 5.32 Å². The molecule has 174 valence electrons. The van der Waals surface area contributed by atoms with Gasteiger partial charge in [-0.05, 0) is 61.7 Å². The van der Waals surface area contributed by atoms with Gasteiger partial charge in [0.2, 0.25) is 0 Å². The van der Waals surface area contributed by atoms with Crippen LogP contribution >= 0.6 is 0 Å². The molecule has 0 saturated carbocycles. The van der Waals surface area contributed by atoms with E-state index in [0.29, 0.717) is 23.0 Å². The molecule has 2 aromatic heterocycles. The smallest absolute Gasteiger partial charge is 0.253 e. The number of sulfone groups is 1. The van der Waals surface area contributed by atoms with Gasteiger partial charge in [0.05, 0.1) is 33.6 Å². The predicted octanol–water partition coefficient (Wildman–Crippen LogP) is 4.45. The zero-order chi connectivity index (χ0) is 24.1. The summed E-state index contributed by atoms with van der Waals surface area (Å²) in [6.45, 7) is 3.77. The molecule has 4 aromatic rings. The Morgan fingerprint density at radius 2 is 1.85 bits per heavy atom. The summed E-state index contributed by atoms with van der Waals surface area (Å²) in [4.78, 5) is 17.7. The van der Waals surface area contributed by atoms with Gasteiger partial charge in [-0.2, -0.15) is 0 Å². The SMILES string of the molecule is Cc1ccccc1-c1cn(-c2ccc(F)cc2)c2cc(C(=O)N[C@@]3(C)CCS(=O)(=O)C3)cnc12. The van der Waals surface area contributed by atoms with Crippen LogP contribution in [-0.4, -0.2) is 40.9 Å². The zero-order valence-corrected chi connectivity index (χ0v) is 19.7. The van der Waals surface area contributed by atoms with Gasteiger partial charge < -0.3 is 9.88 Å². The van der Waals surface area contributed by atoms with E-state index in [1.165, 1.54) is 18.3 Å². The van der Waals surface area contributed by atoms with Crippen molar-refractivity contribution in [1.29, 1.82) is 0 Å². The van der Waals surface area contributed by atoms with Crippen molar-refractivity contribution in [1.82, 2.24) is 14.9 Å². The monoisotopic (exact) mass is 477 g/mol. The van der Waals surface area contributed by atoms with Crippen molar-refractivity contribution in [2.24, 2.45) is 0 Å². The highest BCUT2D eigenvalue weighted by molar-refractivity contribution is 7.91. The molecule has 0 radical (unpaired) electrons. The number of benzene rings is 2. The van der Waals surface area contributed by atoms with E-state index in [-0.39, 0.29) is 23.2 Å². The molecule has 0 aliphatic carbocycles. The molecule has 1 N–H and O–H groups in total. The molecular formula is C26H24FN3O3S. The fourth-order valence-corrected chi connectivity index (χ4v) is 6.66. The van der Waals surface area contributed by atoms with Gasteiger partial charge in [-0.1, -0.05) is 24.3 Å². The molecule has 1 atom stereocenters. The van der Waals surface area contributed by atoms with Crippen LogP contribution in [-0.2, 0) is 9.84 Å². The number of aryl methyl sites for hydroxylation is 1. The number of hydrogen-bond acceptors (Lipinski definition) is 4. The minimum atomic E-state index is -3.16. The molecule has 5 rings (SSSR count). The van der Waals surface area contributed by atoms with Crippen molar-refractivity contribution in [2.75, 3.05) is 11.5 Å². The van der Waals surface area contributed by atoms with E-state index in [1.54, 1.807) is 25.1 Å². The topological polar surface area (TPSA) is 81.1 Å². The molecule has 0 unspecified atom stereocenters. The van der Waals surface area contributed by atoms with Crippen molar-refractivity contribution in [3.8, 4) is 16.8 Å². The van der Waals surface area contributed by atoms with Crippen LogP contribution in [0.5, 0.6) is 0 Å². The van der Waals surface area contributed by atoms with Crippen LogP contribution in [0.25, 0.3) is 27.8 Å². The first-order valence-corrected chi connectivity index (χ1v) is 12.8. The molecule has 1 aliphatic rings. The summed E-state index contributed by atoms with van der Waals surface area (Å²) in [5.41, 5.74) is 4.66. The third-order valence-corrected chi connectivity index (χ3v) is 8.26. The first-order valence-electron chi connectivity index (χ1n) is 11.0. The minimum Gasteiger partial charge on any atom is -0.346 e. The number of rotatable bonds is 4. The Kier molecular flexibility index (Phi) is 5.28. The van der Waals surface area contributed by atoms with Crippen molar-refractivity contribution < 1.29 is 17.6 Å². The summed E-state index contributed by atoms with van der Waals surface area (Å²) in [6.07, 6.45) is 3.83. The number of fused-ring (bicyclic) bond motifs is 1. The summed E-state index contributed by atoms with van der Waals surface area (Å²) in [7, 11) is -3.16. The van der Waals surface area contributed by atoms with Crippen molar-refractivity contribution in [3.05, 3.63) is 83.9 Å². The number of halogens is 1. The largest absolute Gasteiger partial charge is 0.346 e. The number of pyridine rings is 1. The molecule has 0 spiro atoms. The van der Waals surface area contributed by atoms with Gasteiger partial charge >= 0.3 is 0 Å². The predicted molar refractivity (Wildman–Crippen MR) is 130 cm³/mol. The standard InChI is InChI=1S/C26H24FN3O3S/c1-17-5-3-4-6-21(17)22-15-30(20-9-7-19(27)8-10-20)23-13-18(14-28-24(22)23)25(31)29-26(2)11-12-34(32,33)16-26/h3-10,13-15H,11-12,16H2,1-2H3,(H,29,31)/t26-/m0/s1. The summed E-state index contributed by atoms with van der Waals surface area (Å²) in [5, 5.41) is 2.89. The lowest BCUT2D eigenvalue weighted by molar-refractivity contribution is 0.0915. The van der Waals surface area contributed by atoms with Crippen molar-refractivity contribution >= 4 is 26.8 Å². The van der Waals surface area contributed by atoms with E-state index in [2.05, 4.69) is 10.3 Å². The lowest BCUT2D eigenvalue weighted by atomic mass is 10.0. The zero-order valence-electron chi connectivity index (χ0n) is 18.9. The summed E-state index contributed by atoms with van der Waals surface area (Å²) in [6, 6.07) is 15.8. The van der Waals surface area contributed by atoms with Crippen molar-refractivity contribution in [3.63, 3.8) is 0 Å². The summed E-state index contributed by atoms with van der Waals surface area (Å²) in [5.74, 6) is -0.727. The highest BCUT2D eigenvalue weighted by atomic mass is 32.2. The maximum atomic E-state index is 13.6. The van der Waals surface area contributed by atoms with Gasteiger partial charge in [-0.15, -0.1) is 0 Å². The summed E-state index contributed by atoms with van der Waals surface area (Å²) >= 11 is 0. The molecular weight excluding hydrogens is 453 g/mol. The average molecular weight is 478 g/mol. The van der Waals surface area contributed by atoms with Gasteiger partial charge in [-0.25, -0.2) is 12.8 Å². The van der Waals surface area contributed by atoms with Crippen LogP contribution in [0.3, 0.4) is 0 Å². The van der Waals surface area contributed by atoms with Crippen LogP contribution in [0.4, 0.5) is 4.39 Å². The number of carbonyl (C=O) groups is 1. The van der Waals surface area contributed by atoms with E-state index >= 15 is 0 Å². The molecule has 6 nitrogen and oxygen atoms in total.